The van der Waals surface area contributed by atoms with Gasteiger partial charge in [0.2, 0.25) is 0 Å². The summed E-state index contributed by atoms with van der Waals surface area (Å²) in [5.74, 6) is -0.621. The second-order valence-corrected chi connectivity index (χ2v) is 5.51. The maximum Gasteiger partial charge on any atom is 0.319 e. The third-order valence-electron chi connectivity index (χ3n) is 3.71. The Morgan fingerprint density at radius 1 is 1.36 bits per heavy atom. The molecular weight excluding hydrogens is 289 g/mol. The van der Waals surface area contributed by atoms with Crippen molar-refractivity contribution in [1.29, 1.82) is 0 Å². The van der Waals surface area contributed by atoms with Gasteiger partial charge in [0, 0.05) is 6.54 Å². The molecule has 22 heavy (non-hydrogen) atoms. The predicted molar refractivity (Wildman–Crippen MR) is 76.1 cm³/mol. The molecule has 0 spiro atoms. The van der Waals surface area contributed by atoms with E-state index in [1.165, 1.54) is 17.0 Å². The first-order valence-electron chi connectivity index (χ1n) is 6.99. The summed E-state index contributed by atoms with van der Waals surface area (Å²) in [4.78, 5) is 25.8. The number of urea groups is 1. The second-order valence-electron chi connectivity index (χ2n) is 5.51. The van der Waals surface area contributed by atoms with Crippen LogP contribution in [0, 0.1) is 5.82 Å². The molecule has 0 aromatic heterocycles. The molecule has 0 aliphatic carbocycles. The lowest BCUT2D eigenvalue weighted by molar-refractivity contribution is -0.126. The molecule has 3 amide bonds. The summed E-state index contributed by atoms with van der Waals surface area (Å²) in [5, 5.41) is 14.8. The van der Waals surface area contributed by atoms with Crippen LogP contribution in [0.1, 0.15) is 18.5 Å². The molecule has 2 aliphatic rings. The third kappa shape index (κ3) is 2.55. The lowest BCUT2D eigenvalue weighted by Crippen LogP contribution is -2.44. The summed E-state index contributed by atoms with van der Waals surface area (Å²) in [7, 11) is 0. The molecule has 3 N–H and O–H groups in total. The number of benzene rings is 1. The monoisotopic (exact) mass is 305 g/mol. The van der Waals surface area contributed by atoms with Crippen molar-refractivity contribution in [1.82, 2.24) is 15.5 Å². The summed E-state index contributed by atoms with van der Waals surface area (Å²) < 4.78 is 13.1. The van der Waals surface area contributed by atoms with Gasteiger partial charge in [0.05, 0.1) is 30.0 Å². The Hall–Kier alpha value is -2.41. The number of aliphatic hydroxyl groups is 1. The third-order valence-corrected chi connectivity index (χ3v) is 3.71. The number of rotatable bonds is 3. The molecule has 0 saturated heterocycles. The fraction of sp³-hybridized carbons (Fsp3) is 0.333. The minimum atomic E-state index is -0.654. The zero-order valence-electron chi connectivity index (χ0n) is 12.0. The Bertz CT molecular complexity index is 655. The molecule has 2 heterocycles. The van der Waals surface area contributed by atoms with Gasteiger partial charge in [0.25, 0.3) is 5.91 Å². The van der Waals surface area contributed by atoms with E-state index in [1.54, 1.807) is 19.1 Å². The van der Waals surface area contributed by atoms with E-state index in [0.29, 0.717) is 16.8 Å². The van der Waals surface area contributed by atoms with Crippen molar-refractivity contribution in [3.8, 4) is 0 Å². The Morgan fingerprint density at radius 2 is 2.05 bits per heavy atom. The van der Waals surface area contributed by atoms with Crippen LogP contribution >= 0.6 is 0 Å². The number of aliphatic hydroxyl groups excluding tert-OH is 1. The SMILES string of the molecule is C[C@H](O)CN1CC2=C(C1=O)C(c1ccc(F)cc1)NC(=O)N2. The molecule has 2 aliphatic heterocycles. The lowest BCUT2D eigenvalue weighted by Gasteiger charge is -2.25. The average Bonchev–Trinajstić information content (AvgIpc) is 2.74. The van der Waals surface area contributed by atoms with Crippen LogP contribution in [-0.4, -0.2) is 41.1 Å². The van der Waals surface area contributed by atoms with Crippen LogP contribution in [0.3, 0.4) is 0 Å². The minimum Gasteiger partial charge on any atom is -0.392 e. The number of hydrogen-bond acceptors (Lipinski definition) is 3. The van der Waals surface area contributed by atoms with Crippen LogP contribution in [-0.2, 0) is 4.79 Å². The van der Waals surface area contributed by atoms with Crippen LogP contribution in [0.2, 0.25) is 0 Å². The summed E-state index contributed by atoms with van der Waals surface area (Å²) >= 11 is 0. The van der Waals surface area contributed by atoms with Crippen molar-refractivity contribution in [3.05, 3.63) is 46.9 Å². The Morgan fingerprint density at radius 3 is 2.68 bits per heavy atom. The lowest BCUT2D eigenvalue weighted by atomic mass is 9.96. The Labute approximate surface area is 126 Å². The van der Waals surface area contributed by atoms with E-state index >= 15 is 0 Å². The van der Waals surface area contributed by atoms with E-state index in [0.717, 1.165) is 0 Å². The number of halogens is 1. The highest BCUT2D eigenvalue weighted by molar-refractivity contribution is 6.01. The zero-order valence-corrected chi connectivity index (χ0v) is 12.0. The quantitative estimate of drug-likeness (QED) is 0.767. The number of carbonyl (C=O) groups excluding carboxylic acids is 2. The highest BCUT2D eigenvalue weighted by Crippen LogP contribution is 2.32. The molecular formula is C15H16FN3O3. The number of β-amino-alcohol motifs (C(OH)–C–C–N with tert-alkyl or cyclic N) is 1. The van der Waals surface area contributed by atoms with Crippen molar-refractivity contribution >= 4 is 11.9 Å². The molecule has 1 aromatic carbocycles. The fourth-order valence-electron chi connectivity index (χ4n) is 2.80. The summed E-state index contributed by atoms with van der Waals surface area (Å²) in [6.45, 7) is 2.04. The minimum absolute atomic E-state index is 0.192. The van der Waals surface area contributed by atoms with Gasteiger partial charge in [0.1, 0.15) is 5.82 Å². The maximum atomic E-state index is 13.1. The van der Waals surface area contributed by atoms with Gasteiger partial charge in [-0.1, -0.05) is 12.1 Å². The van der Waals surface area contributed by atoms with Gasteiger partial charge in [0.15, 0.2) is 0 Å². The van der Waals surface area contributed by atoms with Crippen molar-refractivity contribution in [2.24, 2.45) is 0 Å². The standard InChI is InChI=1S/C15H16FN3O3/c1-8(20)6-19-7-11-12(14(19)21)13(18-15(22)17-11)9-2-4-10(16)5-3-9/h2-5,8,13,20H,6-7H2,1H3,(H2,17,18,22)/t8-,13?/m0/s1. The first kappa shape index (κ1) is 14.5. The summed E-state index contributed by atoms with van der Waals surface area (Å²) in [5.41, 5.74) is 1.60. The molecule has 1 unspecified atom stereocenters. The second kappa shape index (κ2) is 5.42. The molecule has 116 valence electrons. The van der Waals surface area contributed by atoms with Crippen molar-refractivity contribution in [2.45, 2.75) is 19.1 Å². The number of nitrogens with zero attached hydrogens (tertiary/aromatic N) is 1. The van der Waals surface area contributed by atoms with Gasteiger partial charge in [-0.25, -0.2) is 9.18 Å². The molecule has 0 radical (unpaired) electrons. The van der Waals surface area contributed by atoms with Crippen LogP contribution in [0.25, 0.3) is 0 Å². The summed E-state index contributed by atoms with van der Waals surface area (Å²) in [6.07, 6.45) is -0.654. The molecule has 1 aromatic rings. The molecule has 0 saturated carbocycles. The first-order valence-corrected chi connectivity index (χ1v) is 6.99. The van der Waals surface area contributed by atoms with E-state index < -0.39 is 18.2 Å². The van der Waals surface area contributed by atoms with Crippen LogP contribution in [0.4, 0.5) is 9.18 Å². The molecule has 0 fully saturated rings. The number of carbonyl (C=O) groups is 2. The van der Waals surface area contributed by atoms with E-state index in [4.69, 9.17) is 0 Å². The van der Waals surface area contributed by atoms with Crippen molar-refractivity contribution in [3.63, 3.8) is 0 Å². The number of amides is 3. The normalized spacial score (nSPS) is 22.3. The molecule has 6 nitrogen and oxygen atoms in total. The fourth-order valence-corrected chi connectivity index (χ4v) is 2.80. The van der Waals surface area contributed by atoms with E-state index in [1.807, 2.05) is 0 Å². The van der Waals surface area contributed by atoms with Gasteiger partial charge in [-0.3, -0.25) is 4.79 Å². The number of hydrogen-bond donors (Lipinski definition) is 3. The highest BCUT2D eigenvalue weighted by atomic mass is 19.1. The van der Waals surface area contributed by atoms with Crippen LogP contribution in [0.5, 0.6) is 0 Å². The zero-order chi connectivity index (χ0) is 15.9. The van der Waals surface area contributed by atoms with Crippen molar-refractivity contribution in [2.75, 3.05) is 13.1 Å². The first-order chi connectivity index (χ1) is 10.5. The average molecular weight is 305 g/mol. The Balaban J connectivity index is 1.94. The van der Waals surface area contributed by atoms with E-state index in [9.17, 15) is 19.1 Å². The molecule has 3 rings (SSSR count). The van der Waals surface area contributed by atoms with E-state index in [-0.39, 0.29) is 24.8 Å². The van der Waals surface area contributed by atoms with Gasteiger partial charge in [-0.2, -0.15) is 0 Å². The maximum absolute atomic E-state index is 13.1. The van der Waals surface area contributed by atoms with Crippen molar-refractivity contribution < 1.29 is 19.1 Å². The largest absolute Gasteiger partial charge is 0.392 e. The molecule has 2 atom stereocenters. The topological polar surface area (TPSA) is 81.7 Å². The van der Waals surface area contributed by atoms with Crippen LogP contribution < -0.4 is 10.6 Å². The smallest absolute Gasteiger partial charge is 0.319 e. The highest BCUT2D eigenvalue weighted by Gasteiger charge is 2.40. The number of nitrogens with one attached hydrogen (secondary N) is 2. The summed E-state index contributed by atoms with van der Waals surface area (Å²) in [6, 6.07) is 4.64. The Kier molecular flexibility index (Phi) is 3.58. The molecule has 0 bridgehead atoms. The van der Waals surface area contributed by atoms with Gasteiger partial charge >= 0.3 is 6.03 Å². The van der Waals surface area contributed by atoms with E-state index in [2.05, 4.69) is 10.6 Å². The predicted octanol–water partition coefficient (Wildman–Crippen LogP) is 0.657. The van der Waals surface area contributed by atoms with Gasteiger partial charge < -0.3 is 20.6 Å². The van der Waals surface area contributed by atoms with Crippen LogP contribution in [0.15, 0.2) is 35.5 Å². The van der Waals surface area contributed by atoms with Gasteiger partial charge in [-0.05, 0) is 24.6 Å². The molecule has 7 heteroatoms. The van der Waals surface area contributed by atoms with Gasteiger partial charge in [-0.15, -0.1) is 0 Å².